The van der Waals surface area contributed by atoms with E-state index in [2.05, 4.69) is 33.0 Å². The van der Waals surface area contributed by atoms with Crippen LogP contribution in [0.3, 0.4) is 0 Å². The Bertz CT molecular complexity index is 916. The zero-order chi connectivity index (χ0) is 22.4. The van der Waals surface area contributed by atoms with Crippen LogP contribution < -0.4 is 0 Å². The van der Waals surface area contributed by atoms with E-state index in [0.29, 0.717) is 12.8 Å². The minimum Gasteiger partial charge on any atom is -0.380 e. The van der Waals surface area contributed by atoms with Crippen LogP contribution in [0.4, 0.5) is 0 Å². The predicted molar refractivity (Wildman–Crippen MR) is 133 cm³/mol. The number of halogens is 1. The van der Waals surface area contributed by atoms with Gasteiger partial charge < -0.3 is 10.2 Å². The first-order valence-electron chi connectivity index (χ1n) is 11.6. The molecule has 32 heavy (non-hydrogen) atoms. The first kappa shape index (κ1) is 23.2. The van der Waals surface area contributed by atoms with Crippen LogP contribution in [-0.2, 0) is 5.60 Å². The van der Waals surface area contributed by atoms with Crippen molar-refractivity contribution in [2.24, 2.45) is 0 Å². The lowest BCUT2D eigenvalue weighted by molar-refractivity contribution is -0.0241. The number of aliphatic hydroxyl groups excluding tert-OH is 1. The molecular weight excluding hydrogens is 462 g/mol. The molecule has 1 fully saturated rings. The lowest BCUT2D eigenvalue weighted by Gasteiger charge is -2.39. The van der Waals surface area contributed by atoms with Gasteiger partial charge in [-0.1, -0.05) is 95.1 Å². The summed E-state index contributed by atoms with van der Waals surface area (Å²) in [5.41, 5.74) is 1.59. The number of nitrogens with zero attached hydrogens (tertiary/aromatic N) is 1. The molecule has 1 aliphatic heterocycles. The monoisotopic (exact) mass is 493 g/mol. The summed E-state index contributed by atoms with van der Waals surface area (Å²) in [7, 11) is 0. The van der Waals surface area contributed by atoms with E-state index >= 15 is 0 Å². The summed E-state index contributed by atoms with van der Waals surface area (Å²) in [6, 6.07) is 28.1. The third kappa shape index (κ3) is 5.15. The number of benzene rings is 3. The summed E-state index contributed by atoms with van der Waals surface area (Å²) in [6.07, 6.45) is 4.33. The zero-order valence-corrected chi connectivity index (χ0v) is 20.0. The van der Waals surface area contributed by atoms with Crippen LogP contribution in [0.2, 0.25) is 0 Å². The van der Waals surface area contributed by atoms with Gasteiger partial charge in [0.15, 0.2) is 0 Å². The first-order valence-corrected chi connectivity index (χ1v) is 12.4. The maximum atomic E-state index is 12.5. The highest BCUT2D eigenvalue weighted by molar-refractivity contribution is 9.10. The van der Waals surface area contributed by atoms with Crippen LogP contribution in [0.15, 0.2) is 89.4 Å². The Labute approximate surface area is 199 Å². The molecule has 3 nitrogen and oxygen atoms in total. The molecule has 4 heteroatoms. The van der Waals surface area contributed by atoms with Crippen LogP contribution in [0.1, 0.15) is 54.7 Å². The van der Waals surface area contributed by atoms with Crippen LogP contribution >= 0.6 is 15.9 Å². The number of hydrogen-bond acceptors (Lipinski definition) is 3. The quantitative estimate of drug-likeness (QED) is 0.401. The molecule has 168 valence electrons. The van der Waals surface area contributed by atoms with Crippen molar-refractivity contribution < 1.29 is 10.2 Å². The van der Waals surface area contributed by atoms with E-state index < -0.39 is 11.8 Å². The topological polar surface area (TPSA) is 43.7 Å². The highest BCUT2D eigenvalue weighted by atomic mass is 79.9. The largest absolute Gasteiger partial charge is 0.380 e. The van der Waals surface area contributed by atoms with Gasteiger partial charge in [0.25, 0.3) is 0 Å². The van der Waals surface area contributed by atoms with Crippen molar-refractivity contribution >= 4 is 15.9 Å². The van der Waals surface area contributed by atoms with Gasteiger partial charge in [0.1, 0.15) is 11.8 Å². The molecule has 4 rings (SSSR count). The van der Waals surface area contributed by atoms with E-state index in [1.807, 2.05) is 72.8 Å². The van der Waals surface area contributed by atoms with E-state index in [1.165, 1.54) is 6.42 Å². The fraction of sp³-hybridized carbons (Fsp3) is 0.357. The fourth-order valence-electron chi connectivity index (χ4n) is 4.98. The third-order valence-electron chi connectivity index (χ3n) is 6.73. The Hall–Kier alpha value is -1.98. The molecule has 1 heterocycles. The molecule has 1 aliphatic rings. The van der Waals surface area contributed by atoms with Gasteiger partial charge in [-0.05, 0) is 54.5 Å². The highest BCUT2D eigenvalue weighted by Gasteiger charge is 2.41. The van der Waals surface area contributed by atoms with Crippen molar-refractivity contribution in [1.82, 2.24) is 4.90 Å². The highest BCUT2D eigenvalue weighted by Crippen LogP contribution is 2.45. The van der Waals surface area contributed by atoms with Crippen LogP contribution in [0.5, 0.6) is 0 Å². The van der Waals surface area contributed by atoms with Crippen molar-refractivity contribution in [2.45, 2.75) is 49.9 Å². The van der Waals surface area contributed by atoms with E-state index in [9.17, 15) is 10.2 Å². The van der Waals surface area contributed by atoms with Crippen molar-refractivity contribution in [3.63, 3.8) is 0 Å². The van der Waals surface area contributed by atoms with Crippen molar-refractivity contribution in [2.75, 3.05) is 13.1 Å². The molecule has 0 aliphatic carbocycles. The molecular formula is C28H32BrNO2. The summed E-state index contributed by atoms with van der Waals surface area (Å²) < 4.78 is 1.01. The van der Waals surface area contributed by atoms with Gasteiger partial charge in [0, 0.05) is 23.5 Å². The Morgan fingerprint density at radius 1 is 0.750 bits per heavy atom. The summed E-state index contributed by atoms with van der Waals surface area (Å²) >= 11 is 3.54. The second-order valence-electron chi connectivity index (χ2n) is 8.76. The van der Waals surface area contributed by atoms with Crippen molar-refractivity contribution in [3.05, 3.63) is 106 Å². The molecule has 0 bridgehead atoms. The molecule has 0 saturated carbocycles. The van der Waals surface area contributed by atoms with E-state index in [0.717, 1.165) is 47.1 Å². The standard InChI is InChI=1S/C28H32BrNO2/c29-25-16-14-22(15-17-25)26(18-19-27(31)30-20-8-3-9-21-30)28(32,23-10-4-1-5-11-23)24-12-6-2-7-13-24/h1-2,4-7,10-17,26-27,31-32H,3,8-9,18-21H2. The van der Waals surface area contributed by atoms with Gasteiger partial charge in [0.05, 0.1) is 0 Å². The molecule has 3 aromatic carbocycles. The second kappa shape index (κ2) is 10.8. The average Bonchev–Trinajstić information content (AvgIpc) is 2.86. The van der Waals surface area contributed by atoms with Gasteiger partial charge in [-0.25, -0.2) is 0 Å². The first-order chi connectivity index (χ1) is 15.6. The molecule has 2 unspecified atom stereocenters. The lowest BCUT2D eigenvalue weighted by Crippen LogP contribution is -2.40. The summed E-state index contributed by atoms with van der Waals surface area (Å²) in [4.78, 5) is 2.19. The molecule has 2 atom stereocenters. The number of aliphatic hydroxyl groups is 2. The maximum Gasteiger partial charge on any atom is 0.121 e. The van der Waals surface area contributed by atoms with E-state index in [4.69, 9.17) is 0 Å². The van der Waals surface area contributed by atoms with Crippen molar-refractivity contribution in [3.8, 4) is 0 Å². The van der Waals surface area contributed by atoms with Crippen molar-refractivity contribution in [1.29, 1.82) is 0 Å². The third-order valence-corrected chi connectivity index (χ3v) is 7.26. The molecule has 0 spiro atoms. The zero-order valence-electron chi connectivity index (χ0n) is 18.4. The van der Waals surface area contributed by atoms with E-state index in [1.54, 1.807) is 0 Å². The molecule has 1 saturated heterocycles. The van der Waals surface area contributed by atoms with Crippen LogP contribution in [-0.4, -0.2) is 34.4 Å². The van der Waals surface area contributed by atoms with Gasteiger partial charge in [-0.2, -0.15) is 0 Å². The van der Waals surface area contributed by atoms with E-state index in [-0.39, 0.29) is 5.92 Å². The SMILES string of the molecule is OC(CCC(c1ccc(Br)cc1)C(O)(c1ccccc1)c1ccccc1)N1CCCCC1. The average molecular weight is 494 g/mol. The maximum absolute atomic E-state index is 12.5. The second-order valence-corrected chi connectivity index (χ2v) is 9.67. The van der Waals surface area contributed by atoms with Gasteiger partial charge in [0.2, 0.25) is 0 Å². The Balaban J connectivity index is 1.72. The number of piperidine rings is 1. The number of likely N-dealkylation sites (tertiary alicyclic amines) is 1. The van der Waals surface area contributed by atoms with Crippen LogP contribution in [0.25, 0.3) is 0 Å². The normalized spacial score (nSPS) is 17.1. The number of hydrogen-bond donors (Lipinski definition) is 2. The Morgan fingerprint density at radius 2 is 1.28 bits per heavy atom. The molecule has 2 N–H and O–H groups in total. The van der Waals surface area contributed by atoms with Gasteiger partial charge >= 0.3 is 0 Å². The minimum absolute atomic E-state index is 0.208. The Morgan fingerprint density at radius 3 is 1.81 bits per heavy atom. The van der Waals surface area contributed by atoms with Gasteiger partial charge in [-0.15, -0.1) is 0 Å². The molecule has 0 amide bonds. The van der Waals surface area contributed by atoms with Crippen LogP contribution in [0, 0.1) is 0 Å². The predicted octanol–water partition coefficient (Wildman–Crippen LogP) is 6.05. The molecule has 0 radical (unpaired) electrons. The molecule has 0 aromatic heterocycles. The lowest BCUT2D eigenvalue weighted by atomic mass is 9.71. The van der Waals surface area contributed by atoms with Gasteiger partial charge in [-0.3, -0.25) is 4.90 Å². The number of rotatable bonds is 8. The molecule has 3 aromatic rings. The fourth-order valence-corrected chi connectivity index (χ4v) is 5.24. The summed E-state index contributed by atoms with van der Waals surface area (Å²) in [5.74, 6) is -0.208. The Kier molecular flexibility index (Phi) is 7.80. The summed E-state index contributed by atoms with van der Waals surface area (Å²) in [6.45, 7) is 1.90. The summed E-state index contributed by atoms with van der Waals surface area (Å²) in [5, 5.41) is 23.4. The smallest absolute Gasteiger partial charge is 0.121 e. The minimum atomic E-state index is -1.21.